The maximum Gasteiger partial charge on any atom is 0.234 e. The first-order chi connectivity index (χ1) is 12.4. The Morgan fingerprint density at radius 2 is 1.77 bits per heavy atom. The Bertz CT molecular complexity index is 865. The molecule has 0 fully saturated rings. The van der Waals surface area contributed by atoms with Gasteiger partial charge in [-0.2, -0.15) is 0 Å². The first kappa shape index (κ1) is 18.7. The van der Waals surface area contributed by atoms with E-state index >= 15 is 0 Å². The minimum atomic E-state index is -0.0185. The number of thiazole rings is 1. The monoisotopic (exact) mass is 382 g/mol. The van der Waals surface area contributed by atoms with Crippen LogP contribution in [0.25, 0.3) is 11.3 Å². The first-order valence-electron chi connectivity index (χ1n) is 8.46. The summed E-state index contributed by atoms with van der Waals surface area (Å²) >= 11 is 3.04. The maximum atomic E-state index is 12.2. The topological polar surface area (TPSA) is 42.0 Å². The van der Waals surface area contributed by atoms with Gasteiger partial charge < -0.3 is 5.32 Å². The van der Waals surface area contributed by atoms with Crippen molar-refractivity contribution in [3.8, 4) is 11.3 Å². The van der Waals surface area contributed by atoms with Gasteiger partial charge in [-0.05, 0) is 23.1 Å². The molecular weight excluding hydrogens is 360 g/mol. The Balaban J connectivity index is 1.54. The molecule has 0 unspecified atom stereocenters. The van der Waals surface area contributed by atoms with Gasteiger partial charge in [0.05, 0.1) is 11.4 Å². The molecule has 0 aliphatic heterocycles. The van der Waals surface area contributed by atoms with E-state index in [-0.39, 0.29) is 11.3 Å². The molecule has 3 aromatic rings. The lowest BCUT2D eigenvalue weighted by molar-refractivity contribution is -0.113. The molecule has 0 aliphatic rings. The lowest BCUT2D eigenvalue weighted by Crippen LogP contribution is -2.15. The second-order valence-electron chi connectivity index (χ2n) is 7.03. The number of carbonyl (C=O) groups is 1. The third-order valence-corrected chi connectivity index (χ3v) is 5.94. The highest BCUT2D eigenvalue weighted by molar-refractivity contribution is 8.01. The van der Waals surface area contributed by atoms with Gasteiger partial charge in [-0.25, -0.2) is 4.98 Å². The minimum Gasteiger partial charge on any atom is -0.325 e. The predicted molar refractivity (Wildman–Crippen MR) is 112 cm³/mol. The van der Waals surface area contributed by atoms with Crippen LogP contribution in [0.15, 0.2) is 64.3 Å². The number of thioether (sulfide) groups is 1. The summed E-state index contributed by atoms with van der Waals surface area (Å²) in [5.41, 5.74) is 4.24. The van der Waals surface area contributed by atoms with E-state index in [2.05, 4.69) is 43.2 Å². The molecule has 1 aromatic heterocycles. The van der Waals surface area contributed by atoms with Gasteiger partial charge in [0.15, 0.2) is 4.34 Å². The van der Waals surface area contributed by atoms with Gasteiger partial charge in [0.1, 0.15) is 0 Å². The Labute approximate surface area is 162 Å². The molecule has 26 heavy (non-hydrogen) atoms. The highest BCUT2D eigenvalue weighted by atomic mass is 32.2. The highest BCUT2D eigenvalue weighted by Crippen LogP contribution is 2.28. The second kappa shape index (κ2) is 8.06. The zero-order valence-electron chi connectivity index (χ0n) is 15.2. The SMILES string of the molecule is CC(C)(C)c1ccc(NC(=O)CSc2nc(-c3ccccc3)cs2)cc1. The van der Waals surface area contributed by atoms with Crippen molar-refractivity contribution in [2.45, 2.75) is 30.5 Å². The van der Waals surface area contributed by atoms with Crippen LogP contribution in [0.3, 0.4) is 0 Å². The van der Waals surface area contributed by atoms with Crippen LogP contribution in [-0.2, 0) is 10.2 Å². The largest absolute Gasteiger partial charge is 0.325 e. The average molecular weight is 383 g/mol. The van der Waals surface area contributed by atoms with Crippen molar-refractivity contribution in [3.63, 3.8) is 0 Å². The molecule has 3 rings (SSSR count). The van der Waals surface area contributed by atoms with Crippen molar-refractivity contribution in [3.05, 3.63) is 65.5 Å². The van der Waals surface area contributed by atoms with E-state index in [0.29, 0.717) is 5.75 Å². The molecular formula is C21H22N2OS2. The molecule has 134 valence electrons. The molecule has 1 amide bonds. The number of hydrogen-bond donors (Lipinski definition) is 1. The fourth-order valence-electron chi connectivity index (χ4n) is 2.44. The van der Waals surface area contributed by atoms with E-state index in [9.17, 15) is 4.79 Å². The van der Waals surface area contributed by atoms with Crippen LogP contribution in [0.5, 0.6) is 0 Å². The van der Waals surface area contributed by atoms with E-state index in [0.717, 1.165) is 21.3 Å². The number of anilines is 1. The van der Waals surface area contributed by atoms with Crippen molar-refractivity contribution in [2.75, 3.05) is 11.1 Å². The van der Waals surface area contributed by atoms with E-state index in [4.69, 9.17) is 0 Å². The zero-order valence-corrected chi connectivity index (χ0v) is 16.8. The van der Waals surface area contributed by atoms with Gasteiger partial charge >= 0.3 is 0 Å². The van der Waals surface area contributed by atoms with Gasteiger partial charge in [-0.1, -0.05) is 75.0 Å². The summed E-state index contributed by atoms with van der Waals surface area (Å²) in [5, 5.41) is 4.97. The average Bonchev–Trinajstić information content (AvgIpc) is 3.09. The van der Waals surface area contributed by atoms with E-state index in [1.54, 1.807) is 11.3 Å². The van der Waals surface area contributed by atoms with Gasteiger partial charge in [0.2, 0.25) is 5.91 Å². The minimum absolute atomic E-state index is 0.0185. The molecule has 3 nitrogen and oxygen atoms in total. The Kier molecular flexibility index (Phi) is 5.79. The molecule has 1 heterocycles. The number of hydrogen-bond acceptors (Lipinski definition) is 4. The summed E-state index contributed by atoms with van der Waals surface area (Å²) < 4.78 is 0.905. The van der Waals surface area contributed by atoms with Crippen LogP contribution in [0.4, 0.5) is 5.69 Å². The smallest absolute Gasteiger partial charge is 0.234 e. The molecule has 0 saturated carbocycles. The van der Waals surface area contributed by atoms with E-state index in [1.165, 1.54) is 17.3 Å². The number of nitrogens with one attached hydrogen (secondary N) is 1. The van der Waals surface area contributed by atoms with Crippen molar-refractivity contribution in [1.82, 2.24) is 4.98 Å². The van der Waals surface area contributed by atoms with Crippen LogP contribution in [0.2, 0.25) is 0 Å². The summed E-state index contributed by atoms with van der Waals surface area (Å²) in [6, 6.07) is 18.1. The fourth-order valence-corrected chi connectivity index (χ4v) is 4.08. The highest BCUT2D eigenvalue weighted by Gasteiger charge is 2.13. The van der Waals surface area contributed by atoms with Crippen molar-refractivity contribution in [1.29, 1.82) is 0 Å². The number of amides is 1. The van der Waals surface area contributed by atoms with Gasteiger partial charge in [-0.15, -0.1) is 11.3 Å². The lowest BCUT2D eigenvalue weighted by Gasteiger charge is -2.19. The molecule has 2 aromatic carbocycles. The zero-order chi connectivity index (χ0) is 18.6. The van der Waals surface area contributed by atoms with Gasteiger partial charge in [0.25, 0.3) is 0 Å². The van der Waals surface area contributed by atoms with Gasteiger partial charge in [0, 0.05) is 16.6 Å². The van der Waals surface area contributed by atoms with Crippen LogP contribution < -0.4 is 5.32 Å². The van der Waals surface area contributed by atoms with E-state index in [1.807, 2.05) is 47.8 Å². The first-order valence-corrected chi connectivity index (χ1v) is 10.3. The lowest BCUT2D eigenvalue weighted by atomic mass is 9.87. The van der Waals surface area contributed by atoms with Gasteiger partial charge in [-0.3, -0.25) is 4.79 Å². The number of benzene rings is 2. The second-order valence-corrected chi connectivity index (χ2v) is 9.11. The van der Waals surface area contributed by atoms with Crippen molar-refractivity contribution < 1.29 is 4.79 Å². The number of aromatic nitrogens is 1. The molecule has 0 atom stereocenters. The molecule has 0 radical (unpaired) electrons. The third-order valence-electron chi connectivity index (χ3n) is 3.91. The Morgan fingerprint density at radius 3 is 2.42 bits per heavy atom. The fraction of sp³-hybridized carbons (Fsp3) is 0.238. The molecule has 0 aliphatic carbocycles. The summed E-state index contributed by atoms with van der Waals surface area (Å²) in [5.74, 6) is 0.331. The predicted octanol–water partition coefficient (Wildman–Crippen LogP) is 5.84. The number of carbonyl (C=O) groups excluding carboxylic acids is 1. The summed E-state index contributed by atoms with van der Waals surface area (Å²) in [4.78, 5) is 16.8. The van der Waals surface area contributed by atoms with Crippen molar-refractivity contribution in [2.24, 2.45) is 0 Å². The quantitative estimate of drug-likeness (QED) is 0.564. The van der Waals surface area contributed by atoms with E-state index < -0.39 is 0 Å². The van der Waals surface area contributed by atoms with Crippen LogP contribution >= 0.6 is 23.1 Å². The maximum absolute atomic E-state index is 12.2. The summed E-state index contributed by atoms with van der Waals surface area (Å²) in [6.45, 7) is 6.53. The number of rotatable bonds is 5. The molecule has 0 saturated heterocycles. The Hall–Kier alpha value is -2.11. The van der Waals surface area contributed by atoms with Crippen LogP contribution in [0.1, 0.15) is 26.3 Å². The molecule has 0 bridgehead atoms. The Morgan fingerprint density at radius 1 is 1.08 bits per heavy atom. The van der Waals surface area contributed by atoms with Crippen LogP contribution in [0, 0.1) is 0 Å². The third kappa shape index (κ3) is 4.96. The van der Waals surface area contributed by atoms with Crippen molar-refractivity contribution >= 4 is 34.7 Å². The summed E-state index contributed by atoms with van der Waals surface area (Å²) in [6.07, 6.45) is 0. The van der Waals surface area contributed by atoms with Crippen LogP contribution in [-0.4, -0.2) is 16.6 Å². The standard InChI is InChI=1S/C21H22N2OS2/c1-21(2,3)16-9-11-17(12-10-16)22-19(24)14-26-20-23-18(13-25-20)15-7-5-4-6-8-15/h4-13H,14H2,1-3H3,(H,22,24). The molecule has 5 heteroatoms. The number of nitrogens with zero attached hydrogens (tertiary/aromatic N) is 1. The molecule has 0 spiro atoms. The summed E-state index contributed by atoms with van der Waals surface area (Å²) in [7, 11) is 0. The molecule has 1 N–H and O–H groups in total. The normalized spacial score (nSPS) is 11.3.